The molecular weight excluding hydrogens is 285 g/mol. The minimum atomic E-state index is -0.530. The molecule has 0 radical (unpaired) electrons. The van der Waals surface area contributed by atoms with E-state index in [0.29, 0.717) is 5.69 Å². The second kappa shape index (κ2) is 5.89. The van der Waals surface area contributed by atoms with E-state index in [0.717, 1.165) is 5.56 Å². The highest BCUT2D eigenvalue weighted by Gasteiger charge is 2.28. The Morgan fingerprint density at radius 2 is 1.86 bits per heavy atom. The lowest BCUT2D eigenvalue weighted by molar-refractivity contribution is -0.139. The number of nitrogens with one attached hydrogen (secondary N) is 1. The zero-order valence-corrected chi connectivity index (χ0v) is 11.6. The van der Waals surface area contributed by atoms with E-state index in [9.17, 15) is 14.3 Å². The summed E-state index contributed by atoms with van der Waals surface area (Å²) >= 11 is 0. The second-order valence-electron chi connectivity index (χ2n) is 4.95. The van der Waals surface area contributed by atoms with E-state index in [1.807, 2.05) is 0 Å². The number of rotatable bonds is 4. The molecule has 0 bridgehead atoms. The van der Waals surface area contributed by atoms with Crippen molar-refractivity contribution in [2.45, 2.75) is 12.1 Å². The smallest absolute Gasteiger partial charge is 0.331 e. The van der Waals surface area contributed by atoms with Crippen molar-refractivity contribution in [2.24, 2.45) is 0 Å². The summed E-state index contributed by atoms with van der Waals surface area (Å²) in [7, 11) is 0. The van der Waals surface area contributed by atoms with E-state index in [1.165, 1.54) is 18.2 Å². The maximum Gasteiger partial charge on any atom is 0.331 e. The van der Waals surface area contributed by atoms with Gasteiger partial charge in [-0.15, -0.1) is 0 Å². The van der Waals surface area contributed by atoms with Gasteiger partial charge in [0, 0.05) is 6.08 Å². The van der Waals surface area contributed by atoms with Crippen molar-refractivity contribution in [3.05, 3.63) is 72.1 Å². The van der Waals surface area contributed by atoms with Crippen molar-refractivity contribution in [1.82, 2.24) is 0 Å². The molecule has 1 aliphatic heterocycles. The minimum absolute atomic E-state index is 0.0860. The molecule has 2 atom stereocenters. The van der Waals surface area contributed by atoms with E-state index in [1.54, 1.807) is 42.5 Å². The molecule has 0 saturated carbocycles. The summed E-state index contributed by atoms with van der Waals surface area (Å²) < 4.78 is 18.4. The molecule has 0 amide bonds. The summed E-state index contributed by atoms with van der Waals surface area (Å²) in [4.78, 5) is 11.3. The van der Waals surface area contributed by atoms with Gasteiger partial charge >= 0.3 is 5.97 Å². The van der Waals surface area contributed by atoms with Crippen LogP contribution >= 0.6 is 0 Å². The van der Waals surface area contributed by atoms with Crippen LogP contribution in [0.1, 0.15) is 11.6 Å². The van der Waals surface area contributed by atoms with Gasteiger partial charge in [-0.2, -0.15) is 0 Å². The van der Waals surface area contributed by atoms with Gasteiger partial charge in [0.1, 0.15) is 17.7 Å². The fourth-order valence-electron chi connectivity index (χ4n) is 2.35. The quantitative estimate of drug-likeness (QED) is 0.672. The number of hydrogen-bond acceptors (Lipinski definition) is 4. The van der Waals surface area contributed by atoms with Crippen LogP contribution in [0.5, 0.6) is 5.75 Å². The molecule has 0 aromatic heterocycles. The molecule has 1 aliphatic rings. The lowest BCUT2D eigenvalue weighted by atomic mass is 10.0. The van der Waals surface area contributed by atoms with Crippen molar-refractivity contribution < 1.29 is 19.0 Å². The molecular formula is C17H14FNO3. The van der Waals surface area contributed by atoms with Crippen molar-refractivity contribution in [3.63, 3.8) is 0 Å². The standard InChI is InChI=1S/C17H14FNO3/c18-12-7-5-11(6-8-12)17(15-9-10-16(21)22-15)19-13-3-1-2-4-14(13)20/h1-10,15,17,19-20H/t15-,17+/m1/s1. The number of phenols is 1. The average molecular weight is 299 g/mol. The summed E-state index contributed by atoms with van der Waals surface area (Å²) in [5.41, 5.74) is 1.25. The van der Waals surface area contributed by atoms with Gasteiger partial charge in [-0.05, 0) is 35.9 Å². The monoisotopic (exact) mass is 299 g/mol. The fraction of sp³-hybridized carbons (Fsp3) is 0.118. The number of carbonyl (C=O) groups excluding carboxylic acids is 1. The summed E-state index contributed by atoms with van der Waals surface area (Å²) in [6.07, 6.45) is 2.47. The fourth-order valence-corrected chi connectivity index (χ4v) is 2.35. The number of cyclic esters (lactones) is 1. The van der Waals surface area contributed by atoms with Gasteiger partial charge in [0.25, 0.3) is 0 Å². The first-order chi connectivity index (χ1) is 10.6. The van der Waals surface area contributed by atoms with Crippen LogP contribution in [0.2, 0.25) is 0 Å². The Hall–Kier alpha value is -2.82. The molecule has 0 unspecified atom stereocenters. The van der Waals surface area contributed by atoms with Crippen LogP contribution in [0, 0.1) is 5.82 Å². The van der Waals surface area contributed by atoms with Crippen molar-refractivity contribution in [3.8, 4) is 5.75 Å². The number of carbonyl (C=O) groups is 1. The maximum absolute atomic E-state index is 13.1. The van der Waals surface area contributed by atoms with Gasteiger partial charge in [0.05, 0.1) is 11.7 Å². The first-order valence-electron chi connectivity index (χ1n) is 6.82. The highest BCUT2D eigenvalue weighted by molar-refractivity contribution is 5.84. The molecule has 3 rings (SSSR count). The molecule has 0 fully saturated rings. The number of ether oxygens (including phenoxy) is 1. The van der Waals surface area contributed by atoms with Crippen LogP contribution < -0.4 is 5.32 Å². The zero-order valence-electron chi connectivity index (χ0n) is 11.6. The molecule has 0 aliphatic carbocycles. The minimum Gasteiger partial charge on any atom is -0.506 e. The predicted octanol–water partition coefficient (Wildman–Crippen LogP) is 3.17. The van der Waals surface area contributed by atoms with Crippen LogP contribution in [-0.2, 0) is 9.53 Å². The van der Waals surface area contributed by atoms with E-state index >= 15 is 0 Å². The third kappa shape index (κ3) is 2.93. The van der Waals surface area contributed by atoms with Gasteiger partial charge in [-0.25, -0.2) is 9.18 Å². The van der Waals surface area contributed by atoms with Crippen molar-refractivity contribution in [1.29, 1.82) is 0 Å². The van der Waals surface area contributed by atoms with E-state index in [4.69, 9.17) is 4.74 Å². The van der Waals surface area contributed by atoms with Crippen LogP contribution in [0.4, 0.5) is 10.1 Å². The summed E-state index contributed by atoms with van der Waals surface area (Å²) in [6, 6.07) is 12.2. The Balaban J connectivity index is 1.92. The van der Waals surface area contributed by atoms with Gasteiger partial charge in [-0.1, -0.05) is 24.3 Å². The van der Waals surface area contributed by atoms with Crippen molar-refractivity contribution >= 4 is 11.7 Å². The molecule has 5 heteroatoms. The molecule has 1 heterocycles. The summed E-state index contributed by atoms with van der Waals surface area (Å²) in [6.45, 7) is 0. The Morgan fingerprint density at radius 3 is 2.50 bits per heavy atom. The molecule has 2 aromatic rings. The number of halogens is 1. The number of phenolic OH excluding ortho intramolecular Hbond substituents is 1. The molecule has 4 nitrogen and oxygen atoms in total. The lowest BCUT2D eigenvalue weighted by Gasteiger charge is -2.25. The third-order valence-electron chi connectivity index (χ3n) is 3.45. The Kier molecular flexibility index (Phi) is 3.78. The number of aromatic hydroxyl groups is 1. The van der Waals surface area contributed by atoms with Crippen molar-refractivity contribution in [2.75, 3.05) is 5.32 Å². The first-order valence-corrected chi connectivity index (χ1v) is 6.82. The van der Waals surface area contributed by atoms with Crippen LogP contribution in [-0.4, -0.2) is 17.2 Å². The third-order valence-corrected chi connectivity index (χ3v) is 3.45. The molecule has 0 saturated heterocycles. The number of esters is 1. The molecule has 2 N–H and O–H groups in total. The van der Waals surface area contributed by atoms with Gasteiger partial charge < -0.3 is 15.2 Å². The van der Waals surface area contributed by atoms with Gasteiger partial charge in [0.2, 0.25) is 0 Å². The normalized spacial score (nSPS) is 18.0. The molecule has 2 aromatic carbocycles. The Labute approximate surface area is 126 Å². The highest BCUT2D eigenvalue weighted by Crippen LogP contribution is 2.31. The summed E-state index contributed by atoms with van der Waals surface area (Å²) in [5.74, 6) is -0.678. The van der Waals surface area contributed by atoms with Crippen LogP contribution in [0.25, 0.3) is 0 Å². The number of hydrogen-bond donors (Lipinski definition) is 2. The average Bonchev–Trinajstić information content (AvgIpc) is 2.94. The lowest BCUT2D eigenvalue weighted by Crippen LogP contribution is -2.25. The van der Waals surface area contributed by atoms with E-state index in [2.05, 4.69) is 5.32 Å². The SMILES string of the molecule is O=C1C=C[C@H]([C@@H](Nc2ccccc2O)c2ccc(F)cc2)O1. The molecule has 0 spiro atoms. The number of anilines is 1. The van der Waals surface area contributed by atoms with E-state index in [-0.39, 0.29) is 11.6 Å². The second-order valence-corrected chi connectivity index (χ2v) is 4.95. The zero-order chi connectivity index (χ0) is 15.5. The maximum atomic E-state index is 13.1. The van der Waals surface area contributed by atoms with E-state index < -0.39 is 18.1 Å². The molecule has 112 valence electrons. The highest BCUT2D eigenvalue weighted by atomic mass is 19.1. The van der Waals surface area contributed by atoms with Crippen LogP contribution in [0.15, 0.2) is 60.7 Å². The Bertz CT molecular complexity index is 712. The predicted molar refractivity (Wildman–Crippen MR) is 79.9 cm³/mol. The Morgan fingerprint density at radius 1 is 1.14 bits per heavy atom. The van der Waals surface area contributed by atoms with Gasteiger partial charge in [0.15, 0.2) is 0 Å². The molecule has 22 heavy (non-hydrogen) atoms. The summed E-state index contributed by atoms with van der Waals surface area (Å²) in [5, 5.41) is 13.0. The van der Waals surface area contributed by atoms with Gasteiger partial charge in [-0.3, -0.25) is 0 Å². The van der Waals surface area contributed by atoms with Crippen LogP contribution in [0.3, 0.4) is 0 Å². The first kappa shape index (κ1) is 14.1. The largest absolute Gasteiger partial charge is 0.506 e. The number of para-hydroxylation sites is 2. The topological polar surface area (TPSA) is 58.6 Å². The number of benzene rings is 2.